The Morgan fingerprint density at radius 3 is 2.93 bits per heavy atom. The highest BCUT2D eigenvalue weighted by Crippen LogP contribution is 2.40. The lowest BCUT2D eigenvalue weighted by Crippen LogP contribution is -2.02. The van der Waals surface area contributed by atoms with Crippen LogP contribution in [0.4, 0.5) is 0 Å². The first-order chi connectivity index (χ1) is 6.65. The maximum Gasteiger partial charge on any atom is 0.131 e. The largest absolute Gasteiger partial charge is 0.492 e. The fourth-order valence-corrected chi connectivity index (χ4v) is 2.22. The van der Waals surface area contributed by atoms with Gasteiger partial charge in [-0.3, -0.25) is 0 Å². The number of aryl methyl sites for hydroxylation is 1. The summed E-state index contributed by atoms with van der Waals surface area (Å²) in [7, 11) is 0. The van der Waals surface area contributed by atoms with E-state index in [9.17, 15) is 4.79 Å². The normalized spacial score (nSPS) is 18.9. The summed E-state index contributed by atoms with van der Waals surface area (Å²) >= 11 is 3.52. The van der Waals surface area contributed by atoms with Crippen LogP contribution in [0.25, 0.3) is 0 Å². The molecule has 14 heavy (non-hydrogen) atoms. The van der Waals surface area contributed by atoms with Crippen LogP contribution in [0, 0.1) is 13.8 Å². The van der Waals surface area contributed by atoms with Gasteiger partial charge in [-0.2, -0.15) is 0 Å². The van der Waals surface area contributed by atoms with Crippen LogP contribution >= 0.6 is 15.9 Å². The van der Waals surface area contributed by atoms with Gasteiger partial charge in [0.1, 0.15) is 18.6 Å². The fraction of sp³-hybridized carbons (Fsp3) is 0.364. The van der Waals surface area contributed by atoms with Crippen molar-refractivity contribution >= 4 is 22.2 Å². The Morgan fingerprint density at radius 1 is 1.57 bits per heavy atom. The van der Waals surface area contributed by atoms with Gasteiger partial charge < -0.3 is 9.53 Å². The minimum atomic E-state index is -0.0955. The lowest BCUT2D eigenvalue weighted by Gasteiger charge is -2.09. The van der Waals surface area contributed by atoms with Crippen molar-refractivity contribution in [3.05, 3.63) is 27.2 Å². The molecule has 1 atom stereocenters. The van der Waals surface area contributed by atoms with E-state index in [2.05, 4.69) is 15.9 Å². The van der Waals surface area contributed by atoms with Crippen LogP contribution in [0.1, 0.15) is 22.6 Å². The summed E-state index contributed by atoms with van der Waals surface area (Å²) in [6.45, 7) is 4.52. The van der Waals surface area contributed by atoms with Gasteiger partial charge in [0.15, 0.2) is 0 Å². The lowest BCUT2D eigenvalue weighted by atomic mass is 9.96. The van der Waals surface area contributed by atoms with Crippen LogP contribution in [-0.2, 0) is 4.79 Å². The number of hydrogen-bond acceptors (Lipinski definition) is 2. The molecule has 0 fully saturated rings. The summed E-state index contributed by atoms with van der Waals surface area (Å²) in [4.78, 5) is 10.8. The molecule has 1 aromatic rings. The molecule has 1 aliphatic heterocycles. The van der Waals surface area contributed by atoms with Crippen LogP contribution in [0.2, 0.25) is 0 Å². The summed E-state index contributed by atoms with van der Waals surface area (Å²) in [5.41, 5.74) is 3.31. The van der Waals surface area contributed by atoms with E-state index in [0.29, 0.717) is 6.61 Å². The van der Waals surface area contributed by atoms with Crippen molar-refractivity contribution in [3.8, 4) is 5.75 Å². The number of ether oxygens (including phenoxy) is 1. The molecule has 1 heterocycles. The van der Waals surface area contributed by atoms with Crippen LogP contribution in [0.5, 0.6) is 5.75 Å². The smallest absolute Gasteiger partial charge is 0.131 e. The average molecular weight is 255 g/mol. The topological polar surface area (TPSA) is 26.3 Å². The van der Waals surface area contributed by atoms with E-state index in [-0.39, 0.29) is 5.92 Å². The molecule has 0 aliphatic carbocycles. The number of aldehydes is 1. The number of carbonyl (C=O) groups is 1. The van der Waals surface area contributed by atoms with E-state index in [4.69, 9.17) is 4.74 Å². The average Bonchev–Trinajstić information content (AvgIpc) is 2.57. The Morgan fingerprint density at radius 2 is 2.29 bits per heavy atom. The highest BCUT2D eigenvalue weighted by atomic mass is 79.9. The van der Waals surface area contributed by atoms with Crippen LogP contribution in [0.15, 0.2) is 10.5 Å². The minimum absolute atomic E-state index is 0.0955. The number of halogens is 1. The molecule has 0 aromatic heterocycles. The quantitative estimate of drug-likeness (QED) is 0.721. The Hall–Kier alpha value is -0.830. The zero-order valence-electron chi connectivity index (χ0n) is 8.13. The molecule has 0 N–H and O–H groups in total. The van der Waals surface area contributed by atoms with E-state index < -0.39 is 0 Å². The van der Waals surface area contributed by atoms with Gasteiger partial charge >= 0.3 is 0 Å². The number of rotatable bonds is 1. The van der Waals surface area contributed by atoms with E-state index in [1.165, 1.54) is 0 Å². The molecule has 74 valence electrons. The summed E-state index contributed by atoms with van der Waals surface area (Å²) in [5.74, 6) is 0.766. The molecule has 0 radical (unpaired) electrons. The highest BCUT2D eigenvalue weighted by Gasteiger charge is 2.27. The van der Waals surface area contributed by atoms with Crippen LogP contribution < -0.4 is 4.74 Å². The fourth-order valence-electron chi connectivity index (χ4n) is 1.89. The first-order valence-electron chi connectivity index (χ1n) is 4.53. The predicted octanol–water partition coefficient (Wildman–Crippen LogP) is 2.74. The second-order valence-corrected chi connectivity index (χ2v) is 4.39. The number of hydrogen-bond donors (Lipinski definition) is 0. The van der Waals surface area contributed by atoms with Crippen LogP contribution in [0.3, 0.4) is 0 Å². The van der Waals surface area contributed by atoms with Gasteiger partial charge in [-0.15, -0.1) is 0 Å². The molecular weight excluding hydrogens is 244 g/mol. The molecule has 0 amide bonds. The molecule has 0 saturated heterocycles. The molecule has 0 saturated carbocycles. The zero-order valence-corrected chi connectivity index (χ0v) is 9.72. The molecule has 3 heteroatoms. The third-order valence-corrected chi connectivity index (χ3v) is 3.87. The summed E-state index contributed by atoms with van der Waals surface area (Å²) in [5, 5.41) is 0. The van der Waals surface area contributed by atoms with Crippen molar-refractivity contribution in [1.29, 1.82) is 0 Å². The second kappa shape index (κ2) is 3.39. The van der Waals surface area contributed by atoms with Gasteiger partial charge in [0, 0.05) is 10.0 Å². The maximum atomic E-state index is 10.8. The number of benzene rings is 1. The van der Waals surface area contributed by atoms with Gasteiger partial charge in [-0.1, -0.05) is 15.9 Å². The number of carbonyl (C=O) groups excluding carboxylic acids is 1. The van der Waals surface area contributed by atoms with Crippen molar-refractivity contribution < 1.29 is 9.53 Å². The molecule has 1 aliphatic rings. The molecular formula is C11H11BrO2. The van der Waals surface area contributed by atoms with Crippen molar-refractivity contribution in [2.75, 3.05) is 6.61 Å². The molecule has 2 nitrogen and oxygen atoms in total. The minimum Gasteiger partial charge on any atom is -0.492 e. The molecule has 0 bridgehead atoms. The molecule has 1 aromatic carbocycles. The van der Waals surface area contributed by atoms with Crippen molar-refractivity contribution in [3.63, 3.8) is 0 Å². The number of fused-ring (bicyclic) bond motifs is 1. The standard InChI is InChI=1S/C11H11BrO2/c1-6-3-9-10(7(2)11(6)12)8(4-13)5-14-9/h3-4,8H,5H2,1-2H3. The van der Waals surface area contributed by atoms with Gasteiger partial charge in [-0.25, -0.2) is 0 Å². The van der Waals surface area contributed by atoms with Gasteiger partial charge in [0.25, 0.3) is 0 Å². The van der Waals surface area contributed by atoms with E-state index >= 15 is 0 Å². The SMILES string of the molecule is Cc1cc2c(c(C)c1Br)C(C=O)CO2. The van der Waals surface area contributed by atoms with E-state index in [0.717, 1.165) is 33.2 Å². The Balaban J connectivity index is 2.65. The zero-order chi connectivity index (χ0) is 10.3. The Labute approximate surface area is 91.4 Å². The molecule has 2 rings (SSSR count). The van der Waals surface area contributed by atoms with E-state index in [1.807, 2.05) is 19.9 Å². The summed E-state index contributed by atoms with van der Waals surface area (Å²) in [6, 6.07) is 1.98. The third kappa shape index (κ3) is 1.27. The van der Waals surface area contributed by atoms with Gasteiger partial charge in [-0.05, 0) is 31.0 Å². The van der Waals surface area contributed by atoms with Crippen molar-refractivity contribution in [2.24, 2.45) is 0 Å². The van der Waals surface area contributed by atoms with Crippen molar-refractivity contribution in [1.82, 2.24) is 0 Å². The highest BCUT2D eigenvalue weighted by molar-refractivity contribution is 9.10. The third-order valence-electron chi connectivity index (χ3n) is 2.65. The van der Waals surface area contributed by atoms with Gasteiger partial charge in [0.05, 0.1) is 5.92 Å². The predicted molar refractivity (Wildman–Crippen MR) is 57.9 cm³/mol. The summed E-state index contributed by atoms with van der Waals surface area (Å²) < 4.78 is 6.54. The molecule has 0 spiro atoms. The Bertz CT molecular complexity index is 399. The summed E-state index contributed by atoms with van der Waals surface area (Å²) in [6.07, 6.45) is 0.959. The van der Waals surface area contributed by atoms with Gasteiger partial charge in [0.2, 0.25) is 0 Å². The lowest BCUT2D eigenvalue weighted by molar-refractivity contribution is -0.109. The second-order valence-electron chi connectivity index (χ2n) is 3.60. The molecule has 1 unspecified atom stereocenters. The Kier molecular flexibility index (Phi) is 2.35. The monoisotopic (exact) mass is 254 g/mol. The van der Waals surface area contributed by atoms with E-state index in [1.54, 1.807) is 0 Å². The van der Waals surface area contributed by atoms with Crippen molar-refractivity contribution in [2.45, 2.75) is 19.8 Å². The first kappa shape index (κ1) is 9.71. The van der Waals surface area contributed by atoms with Crippen LogP contribution in [-0.4, -0.2) is 12.9 Å². The maximum absolute atomic E-state index is 10.8. The first-order valence-corrected chi connectivity index (χ1v) is 5.32.